The fraction of sp³-hybridized carbons (Fsp3) is 0.909. The van der Waals surface area contributed by atoms with Crippen LogP contribution in [0, 0.1) is 0 Å². The predicted molar refractivity (Wildman–Crippen MR) is 285 cm³/mol. The van der Waals surface area contributed by atoms with E-state index in [9.17, 15) is 19.2 Å². The van der Waals surface area contributed by atoms with Gasteiger partial charge in [0, 0.05) is 150 Å². The van der Waals surface area contributed by atoms with Gasteiger partial charge >= 0.3 is 59.6 Å². The van der Waals surface area contributed by atoms with Gasteiger partial charge in [0.15, 0.2) is 0 Å². The number of hydrogen-bond donors (Lipinski definition) is 4. The van der Waals surface area contributed by atoms with E-state index in [1.807, 2.05) is 13.8 Å². The quantitative estimate of drug-likeness (QED) is 0.0387. The van der Waals surface area contributed by atoms with Crippen molar-refractivity contribution in [3.05, 3.63) is 0 Å². The lowest BCUT2D eigenvalue weighted by Gasteiger charge is -2.38. The van der Waals surface area contributed by atoms with Crippen LogP contribution in [0.1, 0.15) is 39.5 Å². The molecule has 5 unspecified atom stereocenters. The number of ether oxygens (including phenoxy) is 11. The van der Waals surface area contributed by atoms with Crippen LogP contribution in [0.4, 0.5) is 19.2 Å². The monoisotopic (exact) mass is 1190 g/mol. The van der Waals surface area contributed by atoms with Crippen molar-refractivity contribution in [2.75, 3.05) is 179 Å². The molecule has 77 heavy (non-hydrogen) atoms. The number of methoxy groups -OCH3 is 7. The van der Waals surface area contributed by atoms with Crippen LogP contribution < -0.4 is 21.3 Å². The number of alkyl carbamates (subject to hydrolysis) is 4. The van der Waals surface area contributed by atoms with Crippen LogP contribution in [0.2, 0.25) is 24.2 Å². The van der Waals surface area contributed by atoms with Gasteiger partial charge in [-0.1, -0.05) is 13.8 Å². The van der Waals surface area contributed by atoms with Crippen molar-refractivity contribution in [2.24, 2.45) is 0 Å². The Hall–Kier alpha value is -2.73. The molecular weight excluding hydrogens is 1100 g/mol. The highest BCUT2D eigenvalue weighted by Gasteiger charge is 2.54. The molecule has 29 nitrogen and oxygen atoms in total. The van der Waals surface area contributed by atoms with Gasteiger partial charge in [-0.2, -0.15) is 0 Å². The van der Waals surface area contributed by atoms with Crippen molar-refractivity contribution in [3.8, 4) is 0 Å². The number of rotatable bonds is 48. The zero-order valence-electron chi connectivity index (χ0n) is 48.7. The van der Waals surface area contributed by atoms with E-state index in [2.05, 4.69) is 21.3 Å². The smallest absolute Gasteiger partial charge is 0.447 e. The lowest BCUT2D eigenvalue weighted by atomic mass is 10.4. The highest BCUT2D eigenvalue weighted by molar-refractivity contribution is 6.75. The Bertz CT molecular complexity index is 1490. The summed E-state index contributed by atoms with van der Waals surface area (Å²) in [4.78, 5) is 50.4. The van der Waals surface area contributed by atoms with Crippen LogP contribution in [-0.2, 0) is 95.7 Å². The first-order chi connectivity index (χ1) is 37.0. The SMILES string of the molecule is CC.COCC(COC(=O)NCCC[Si](OC)(OC)O[Si](CCCNC(=O)OCC(COC)O[Si](CCCNC(=O)OCC(COC)OC)(OC)O[Si](CCCNC(=O)OCC(COC)OC)(OC)OC)(OC)OC)OC. The summed E-state index contributed by atoms with van der Waals surface area (Å²) < 4.78 is 119. The van der Waals surface area contributed by atoms with Gasteiger partial charge in [0.05, 0.1) is 26.4 Å². The standard InChI is InChI=1S/C42H90N4O25Si4.C2H6/c1-51-27-35(55-5)31-65-39(47)43-19-15-23-72(58-8,59-9)70-73(60-10,61-11)24-16-20-45-42(50)68-34-38(30-54-4)69-75(64-14,26-18-22-46-41(49)67-33-37(57-7)29-53-3)71-74(62-12,63-13)25-17-21-44-40(48)66-32-36(56-6)28-52-2;1-2/h35-38H,15-34H2,1-14H3,(H,43,47)(H,44,48)(H,45,50)(H,46,49);1-2H3. The molecule has 4 N–H and O–H groups in total. The Balaban J connectivity index is 0. The summed E-state index contributed by atoms with van der Waals surface area (Å²) in [5.41, 5.74) is 0. The summed E-state index contributed by atoms with van der Waals surface area (Å²) >= 11 is 0. The molecule has 0 heterocycles. The third-order valence-corrected chi connectivity index (χ3v) is 24.8. The maximum atomic E-state index is 13.1. The summed E-state index contributed by atoms with van der Waals surface area (Å²) in [5.74, 6) is 0. The second kappa shape index (κ2) is 47.0. The molecule has 4 amide bonds. The molecule has 0 bridgehead atoms. The summed E-state index contributed by atoms with van der Waals surface area (Å²) in [6.07, 6.45) is -3.57. The molecule has 0 aliphatic carbocycles. The van der Waals surface area contributed by atoms with Gasteiger partial charge in [0.2, 0.25) is 0 Å². The van der Waals surface area contributed by atoms with Gasteiger partial charge in [-0.25, -0.2) is 19.2 Å². The molecule has 0 aliphatic rings. The molecule has 0 spiro atoms. The summed E-state index contributed by atoms with van der Waals surface area (Å²) in [6.45, 7) is 5.02. The van der Waals surface area contributed by atoms with Crippen molar-refractivity contribution in [2.45, 2.75) is 88.1 Å². The molecule has 0 aromatic carbocycles. The van der Waals surface area contributed by atoms with Crippen LogP contribution >= 0.6 is 0 Å². The second-order valence-corrected chi connectivity index (χ2v) is 28.2. The Morgan fingerprint density at radius 3 is 0.779 bits per heavy atom. The average Bonchev–Trinajstić information content (AvgIpc) is 3.45. The topological polar surface area (TPSA) is 310 Å². The molecule has 0 aromatic rings. The van der Waals surface area contributed by atoms with Crippen molar-refractivity contribution in [3.63, 3.8) is 0 Å². The van der Waals surface area contributed by atoms with Gasteiger partial charge in [0.25, 0.3) is 0 Å². The summed E-state index contributed by atoms with van der Waals surface area (Å²) in [7, 11) is 6.17. The molecule has 458 valence electrons. The number of carbonyl (C=O) groups excluding carboxylic acids is 4. The molecule has 0 radical (unpaired) electrons. The minimum atomic E-state index is -3.91. The van der Waals surface area contributed by atoms with Crippen molar-refractivity contribution in [1.82, 2.24) is 21.3 Å². The lowest BCUT2D eigenvalue weighted by Crippen LogP contribution is -2.59. The van der Waals surface area contributed by atoms with Crippen LogP contribution in [0.5, 0.6) is 0 Å². The average molecular weight is 1190 g/mol. The first-order valence-electron chi connectivity index (χ1n) is 25.1. The number of nitrogens with one attached hydrogen (secondary N) is 4. The minimum absolute atomic E-state index is 0.0141. The third kappa shape index (κ3) is 33.6. The molecular formula is C44H96N4O25Si4. The van der Waals surface area contributed by atoms with E-state index < -0.39 is 84.0 Å². The fourth-order valence-electron chi connectivity index (χ4n) is 6.59. The first-order valence-corrected chi connectivity index (χ1v) is 32.9. The molecule has 0 aromatic heterocycles. The van der Waals surface area contributed by atoms with E-state index in [4.69, 9.17) is 95.7 Å². The molecule has 0 saturated heterocycles. The van der Waals surface area contributed by atoms with Crippen LogP contribution in [0.3, 0.4) is 0 Å². The van der Waals surface area contributed by atoms with Gasteiger partial charge in [0.1, 0.15) is 50.8 Å². The van der Waals surface area contributed by atoms with Crippen LogP contribution in [-0.4, -0.2) is 263 Å². The molecule has 5 atom stereocenters. The zero-order chi connectivity index (χ0) is 58.4. The van der Waals surface area contributed by atoms with E-state index in [0.29, 0.717) is 25.3 Å². The van der Waals surface area contributed by atoms with Crippen molar-refractivity contribution >= 4 is 59.6 Å². The van der Waals surface area contributed by atoms with Crippen LogP contribution in [0.15, 0.2) is 0 Å². The highest BCUT2D eigenvalue weighted by Crippen LogP contribution is 2.29. The van der Waals surface area contributed by atoms with Gasteiger partial charge in [-0.15, -0.1) is 0 Å². The predicted octanol–water partition coefficient (Wildman–Crippen LogP) is 2.81. The first kappa shape index (κ1) is 76.3. The van der Waals surface area contributed by atoms with Crippen molar-refractivity contribution < 1.29 is 115 Å². The van der Waals surface area contributed by atoms with E-state index >= 15 is 0 Å². The third-order valence-electron chi connectivity index (χ3n) is 10.9. The van der Waals surface area contributed by atoms with Gasteiger partial charge in [-0.3, -0.25) is 0 Å². The van der Waals surface area contributed by atoms with E-state index in [0.717, 1.165) is 0 Å². The largest absolute Gasteiger partial charge is 0.493 e. The van der Waals surface area contributed by atoms with Crippen molar-refractivity contribution in [1.29, 1.82) is 0 Å². The Morgan fingerprint density at radius 2 is 0.545 bits per heavy atom. The fourth-order valence-corrected chi connectivity index (χ4v) is 19.8. The zero-order valence-corrected chi connectivity index (χ0v) is 52.7. The Kier molecular flexibility index (Phi) is 46.6. The maximum Gasteiger partial charge on any atom is 0.493 e. The van der Waals surface area contributed by atoms with E-state index in [1.54, 1.807) is 0 Å². The Morgan fingerprint density at radius 1 is 0.325 bits per heavy atom. The van der Waals surface area contributed by atoms with Gasteiger partial charge < -0.3 is 117 Å². The number of hydrogen-bond acceptors (Lipinski definition) is 25. The summed E-state index contributed by atoms with van der Waals surface area (Å²) in [6, 6.07) is 0.884. The second-order valence-electron chi connectivity index (χ2n) is 16.0. The highest BCUT2D eigenvalue weighted by atomic mass is 28.5. The molecule has 0 saturated carbocycles. The molecule has 0 rings (SSSR count). The number of carbonyl (C=O) groups is 4. The number of amides is 4. The van der Waals surface area contributed by atoms with Gasteiger partial charge in [-0.05, 0) is 25.7 Å². The van der Waals surface area contributed by atoms with Crippen LogP contribution in [0.25, 0.3) is 0 Å². The molecule has 0 aliphatic heterocycles. The molecule has 0 fully saturated rings. The maximum absolute atomic E-state index is 13.1. The lowest BCUT2D eigenvalue weighted by molar-refractivity contribution is -0.0185. The minimum Gasteiger partial charge on any atom is -0.447 e. The summed E-state index contributed by atoms with van der Waals surface area (Å²) in [5, 5.41) is 10.8. The normalized spacial score (nSPS) is 14.2. The van der Waals surface area contributed by atoms with E-state index in [-0.39, 0.29) is 104 Å². The molecule has 33 heteroatoms. The van der Waals surface area contributed by atoms with E-state index in [1.165, 1.54) is 99.5 Å². The Labute approximate surface area is 461 Å².